The molecule has 7 nitrogen and oxygen atoms in total. The van der Waals surface area contributed by atoms with E-state index < -0.39 is 10.0 Å². The zero-order valence-corrected chi connectivity index (χ0v) is 15.3. The molecule has 3 rings (SSSR count). The molecule has 24 heavy (non-hydrogen) atoms. The number of piperazine rings is 1. The maximum absolute atomic E-state index is 13.0. The third-order valence-corrected chi connectivity index (χ3v) is 7.44. The molecule has 1 aliphatic carbocycles. The Hall–Kier alpha value is -0.700. The Bertz CT molecular complexity index is 540. The van der Waals surface area contributed by atoms with Gasteiger partial charge in [-0.25, -0.2) is 8.42 Å². The summed E-state index contributed by atoms with van der Waals surface area (Å²) in [6.07, 6.45) is 4.84. The molecule has 2 aliphatic heterocycles. The van der Waals surface area contributed by atoms with Crippen molar-refractivity contribution in [3.63, 3.8) is 0 Å². The number of carbonyl (C=O) groups excluding carboxylic acids is 1. The van der Waals surface area contributed by atoms with Gasteiger partial charge in [-0.15, -0.1) is 0 Å². The lowest BCUT2D eigenvalue weighted by atomic mass is 10.1. The third kappa shape index (κ3) is 3.76. The summed E-state index contributed by atoms with van der Waals surface area (Å²) in [5, 5.41) is 0. The molecule has 2 heterocycles. The van der Waals surface area contributed by atoms with Crippen LogP contribution < -0.4 is 0 Å². The van der Waals surface area contributed by atoms with Crippen LogP contribution in [0.15, 0.2) is 0 Å². The molecule has 138 valence electrons. The largest absolute Gasteiger partial charge is 0.378 e. The molecule has 1 atom stereocenters. The Morgan fingerprint density at radius 1 is 1.08 bits per heavy atom. The molecular formula is C16H29N3O4S. The minimum Gasteiger partial charge on any atom is -0.378 e. The summed E-state index contributed by atoms with van der Waals surface area (Å²) in [6.45, 7) is 5.40. The van der Waals surface area contributed by atoms with Gasteiger partial charge in [-0.2, -0.15) is 4.31 Å². The van der Waals surface area contributed by atoms with E-state index in [0.717, 1.165) is 6.54 Å². The molecule has 1 saturated carbocycles. The fourth-order valence-corrected chi connectivity index (χ4v) is 5.17. The molecule has 1 unspecified atom stereocenters. The van der Waals surface area contributed by atoms with Crippen LogP contribution in [0.25, 0.3) is 0 Å². The summed E-state index contributed by atoms with van der Waals surface area (Å²) in [4.78, 5) is 17.1. The minimum absolute atomic E-state index is 0.107. The van der Waals surface area contributed by atoms with Crippen molar-refractivity contribution in [2.75, 3.05) is 51.7 Å². The van der Waals surface area contributed by atoms with Gasteiger partial charge in [0.2, 0.25) is 15.9 Å². The first-order chi connectivity index (χ1) is 11.5. The number of amides is 1. The molecule has 0 aromatic rings. The molecule has 0 aromatic carbocycles. The van der Waals surface area contributed by atoms with Gasteiger partial charge in [0.05, 0.1) is 19.0 Å². The molecule has 0 aromatic heterocycles. The van der Waals surface area contributed by atoms with Gasteiger partial charge in [-0.3, -0.25) is 9.69 Å². The number of ether oxygens (including phenoxy) is 1. The van der Waals surface area contributed by atoms with Gasteiger partial charge in [0.15, 0.2) is 0 Å². The molecule has 3 fully saturated rings. The summed E-state index contributed by atoms with van der Waals surface area (Å²) >= 11 is 0. The Balaban J connectivity index is 1.61. The average Bonchev–Trinajstić information content (AvgIpc) is 3.16. The van der Waals surface area contributed by atoms with Crippen molar-refractivity contribution in [3.05, 3.63) is 0 Å². The minimum atomic E-state index is -3.16. The number of carbonyl (C=O) groups is 1. The smallest absolute Gasteiger partial charge is 0.242 e. The van der Waals surface area contributed by atoms with Crippen LogP contribution in [0.2, 0.25) is 0 Å². The molecule has 0 bridgehead atoms. The van der Waals surface area contributed by atoms with E-state index in [2.05, 4.69) is 4.90 Å². The predicted molar refractivity (Wildman–Crippen MR) is 91.2 cm³/mol. The molecular weight excluding hydrogens is 330 g/mol. The summed E-state index contributed by atoms with van der Waals surface area (Å²) in [7, 11) is -3.16. The highest BCUT2D eigenvalue weighted by atomic mass is 32.2. The number of morpholine rings is 1. The highest BCUT2D eigenvalue weighted by Gasteiger charge is 2.38. The zero-order valence-electron chi connectivity index (χ0n) is 14.5. The second-order valence-electron chi connectivity index (χ2n) is 6.89. The van der Waals surface area contributed by atoms with E-state index in [4.69, 9.17) is 4.74 Å². The average molecular weight is 359 g/mol. The van der Waals surface area contributed by atoms with Gasteiger partial charge >= 0.3 is 0 Å². The number of sulfonamides is 1. The maximum Gasteiger partial charge on any atom is 0.242 e. The molecule has 0 spiro atoms. The van der Waals surface area contributed by atoms with Crippen molar-refractivity contribution in [1.29, 1.82) is 0 Å². The fourth-order valence-electron chi connectivity index (χ4n) is 4.08. The van der Waals surface area contributed by atoms with Crippen molar-refractivity contribution < 1.29 is 17.9 Å². The SMILES string of the molecule is CCS(=O)(=O)N1CCN(C(=O)C2COCCN2C2CCCC2)CC1. The van der Waals surface area contributed by atoms with Gasteiger partial charge in [-0.05, 0) is 19.8 Å². The monoisotopic (exact) mass is 359 g/mol. The van der Waals surface area contributed by atoms with E-state index >= 15 is 0 Å². The van der Waals surface area contributed by atoms with Crippen LogP contribution in [-0.2, 0) is 19.6 Å². The van der Waals surface area contributed by atoms with Crippen molar-refractivity contribution in [2.24, 2.45) is 0 Å². The van der Waals surface area contributed by atoms with Gasteiger partial charge in [0.25, 0.3) is 0 Å². The standard InChI is InChI=1S/C16H29N3O4S/c1-2-24(21,22)18-9-7-17(8-10-18)16(20)15-13-23-12-11-19(15)14-5-3-4-6-14/h14-15H,2-13H2,1H3. The van der Waals surface area contributed by atoms with Crippen LogP contribution >= 0.6 is 0 Å². The van der Waals surface area contributed by atoms with Crippen LogP contribution in [0.1, 0.15) is 32.6 Å². The van der Waals surface area contributed by atoms with E-state index in [1.807, 2.05) is 4.90 Å². The van der Waals surface area contributed by atoms with Gasteiger partial charge < -0.3 is 9.64 Å². The lowest BCUT2D eigenvalue weighted by Gasteiger charge is -2.42. The van der Waals surface area contributed by atoms with Crippen LogP contribution in [0.4, 0.5) is 0 Å². The van der Waals surface area contributed by atoms with Gasteiger partial charge in [0.1, 0.15) is 6.04 Å². The van der Waals surface area contributed by atoms with Gasteiger partial charge in [0, 0.05) is 38.8 Å². The van der Waals surface area contributed by atoms with Crippen LogP contribution in [0.5, 0.6) is 0 Å². The lowest BCUT2D eigenvalue weighted by Crippen LogP contribution is -2.60. The zero-order chi connectivity index (χ0) is 17.2. The predicted octanol–water partition coefficient (Wildman–Crippen LogP) is 0.124. The molecule has 3 aliphatic rings. The third-order valence-electron chi connectivity index (χ3n) is 5.56. The highest BCUT2D eigenvalue weighted by molar-refractivity contribution is 7.89. The normalized spacial score (nSPS) is 28.4. The first-order valence-electron chi connectivity index (χ1n) is 9.13. The maximum atomic E-state index is 13.0. The number of rotatable bonds is 4. The van der Waals surface area contributed by atoms with Crippen molar-refractivity contribution in [2.45, 2.75) is 44.7 Å². The van der Waals surface area contributed by atoms with Crippen LogP contribution in [0, 0.1) is 0 Å². The first-order valence-corrected chi connectivity index (χ1v) is 10.7. The Kier molecular flexibility index (Phi) is 5.79. The number of hydrogen-bond donors (Lipinski definition) is 0. The highest BCUT2D eigenvalue weighted by Crippen LogP contribution is 2.27. The fraction of sp³-hybridized carbons (Fsp3) is 0.938. The Labute approximate surface area is 145 Å². The quantitative estimate of drug-likeness (QED) is 0.713. The molecule has 8 heteroatoms. The molecule has 1 amide bonds. The molecule has 0 radical (unpaired) electrons. The molecule has 0 N–H and O–H groups in total. The van der Waals surface area contributed by atoms with E-state index in [0.29, 0.717) is 45.4 Å². The first kappa shape index (κ1) is 18.1. The lowest BCUT2D eigenvalue weighted by molar-refractivity contribution is -0.146. The summed E-state index contributed by atoms with van der Waals surface area (Å²) < 4.78 is 31.0. The second-order valence-corrected chi connectivity index (χ2v) is 9.15. The second kappa shape index (κ2) is 7.68. The van der Waals surface area contributed by atoms with E-state index in [9.17, 15) is 13.2 Å². The number of hydrogen-bond acceptors (Lipinski definition) is 5. The van der Waals surface area contributed by atoms with Crippen LogP contribution in [0.3, 0.4) is 0 Å². The van der Waals surface area contributed by atoms with Gasteiger partial charge in [-0.1, -0.05) is 12.8 Å². The molecule has 2 saturated heterocycles. The summed E-state index contributed by atoms with van der Waals surface area (Å²) in [5.74, 6) is 0.225. The van der Waals surface area contributed by atoms with E-state index in [-0.39, 0.29) is 17.7 Å². The van der Waals surface area contributed by atoms with Crippen molar-refractivity contribution in [1.82, 2.24) is 14.1 Å². The Morgan fingerprint density at radius 3 is 2.38 bits per heavy atom. The summed E-state index contributed by atoms with van der Waals surface area (Å²) in [6, 6.07) is 0.306. The summed E-state index contributed by atoms with van der Waals surface area (Å²) in [5.41, 5.74) is 0. The van der Waals surface area contributed by atoms with E-state index in [1.165, 1.54) is 30.0 Å². The topological polar surface area (TPSA) is 70.2 Å². The van der Waals surface area contributed by atoms with Crippen LogP contribution in [-0.4, -0.2) is 92.2 Å². The van der Waals surface area contributed by atoms with Crippen molar-refractivity contribution >= 4 is 15.9 Å². The number of nitrogens with zero attached hydrogens (tertiary/aromatic N) is 3. The van der Waals surface area contributed by atoms with E-state index in [1.54, 1.807) is 6.92 Å². The Morgan fingerprint density at radius 2 is 1.75 bits per heavy atom. The van der Waals surface area contributed by atoms with Crippen molar-refractivity contribution in [3.8, 4) is 0 Å².